The maximum Gasteiger partial charge on any atom is 0.236 e. The number of likely N-dealkylation sites (tertiary alicyclic amines) is 1. The van der Waals surface area contributed by atoms with E-state index < -0.39 is 0 Å². The van der Waals surface area contributed by atoms with Gasteiger partial charge in [0.25, 0.3) is 0 Å². The van der Waals surface area contributed by atoms with E-state index in [1.165, 1.54) is 0 Å². The summed E-state index contributed by atoms with van der Waals surface area (Å²) in [7, 11) is 0. The van der Waals surface area contributed by atoms with Gasteiger partial charge in [0.1, 0.15) is 0 Å². The molecule has 0 saturated carbocycles. The molecule has 2 saturated heterocycles. The van der Waals surface area contributed by atoms with Crippen LogP contribution in [0, 0.1) is 0 Å². The topological polar surface area (TPSA) is 72.7 Å². The Balaban J connectivity index is 1.40. The van der Waals surface area contributed by atoms with Crippen LogP contribution in [0.15, 0.2) is 6.20 Å². The number of hydrogen-bond donors (Lipinski definition) is 0. The summed E-state index contributed by atoms with van der Waals surface area (Å²) in [6.07, 6.45) is 2.87. The third kappa shape index (κ3) is 2.62. The highest BCUT2D eigenvalue weighted by molar-refractivity contribution is 5.78. The van der Waals surface area contributed by atoms with Gasteiger partial charge >= 0.3 is 0 Å². The molecular formula is C14H21N5O3. The summed E-state index contributed by atoms with van der Waals surface area (Å²) < 4.78 is 13.2. The highest BCUT2D eigenvalue weighted by Gasteiger charge is 2.37. The first-order valence-electron chi connectivity index (χ1n) is 7.90. The molecular weight excluding hydrogens is 286 g/mol. The van der Waals surface area contributed by atoms with E-state index in [1.54, 1.807) is 6.20 Å². The van der Waals surface area contributed by atoms with E-state index >= 15 is 0 Å². The fourth-order valence-corrected chi connectivity index (χ4v) is 3.49. The van der Waals surface area contributed by atoms with Gasteiger partial charge in [-0.3, -0.25) is 9.69 Å². The summed E-state index contributed by atoms with van der Waals surface area (Å²) in [5.41, 5.74) is 1.02. The Morgan fingerprint density at radius 2 is 2.18 bits per heavy atom. The molecule has 0 aromatic carbocycles. The maximum atomic E-state index is 12.4. The largest absolute Gasteiger partial charge is 0.378 e. The van der Waals surface area contributed by atoms with Crippen molar-refractivity contribution >= 4 is 5.91 Å². The Hall–Kier alpha value is -1.51. The molecule has 0 unspecified atom stereocenters. The van der Waals surface area contributed by atoms with Crippen LogP contribution in [0.4, 0.5) is 0 Å². The van der Waals surface area contributed by atoms with Crippen LogP contribution in [0.3, 0.4) is 0 Å². The minimum absolute atomic E-state index is 0.164. The summed E-state index contributed by atoms with van der Waals surface area (Å²) in [5.74, 6) is 0.192. The van der Waals surface area contributed by atoms with E-state index in [0.29, 0.717) is 39.5 Å². The number of carbonyl (C=O) groups excluding carboxylic acids is 1. The van der Waals surface area contributed by atoms with Crippen LogP contribution in [0.25, 0.3) is 0 Å². The van der Waals surface area contributed by atoms with E-state index in [9.17, 15) is 4.79 Å². The van der Waals surface area contributed by atoms with Crippen molar-refractivity contribution in [1.29, 1.82) is 0 Å². The van der Waals surface area contributed by atoms with Gasteiger partial charge in [-0.25, -0.2) is 4.68 Å². The fraction of sp³-hybridized carbons (Fsp3) is 0.786. The van der Waals surface area contributed by atoms with Crippen molar-refractivity contribution in [3.05, 3.63) is 11.9 Å². The Morgan fingerprint density at radius 3 is 3.05 bits per heavy atom. The summed E-state index contributed by atoms with van der Waals surface area (Å²) in [6.45, 7) is 5.43. The van der Waals surface area contributed by atoms with E-state index in [0.717, 1.165) is 25.2 Å². The Bertz CT molecular complexity index is 542. The number of piperidine rings is 1. The summed E-state index contributed by atoms with van der Waals surface area (Å²) >= 11 is 0. The van der Waals surface area contributed by atoms with Gasteiger partial charge in [-0.15, -0.1) is 5.10 Å². The molecule has 8 nitrogen and oxygen atoms in total. The van der Waals surface area contributed by atoms with Gasteiger partial charge in [-0.1, -0.05) is 5.21 Å². The highest BCUT2D eigenvalue weighted by atomic mass is 16.5. The second kappa shape index (κ2) is 5.94. The molecule has 4 rings (SSSR count). The average Bonchev–Trinajstić information content (AvgIpc) is 3.05. The van der Waals surface area contributed by atoms with Crippen LogP contribution >= 0.6 is 0 Å². The van der Waals surface area contributed by atoms with Gasteiger partial charge in [0.15, 0.2) is 0 Å². The number of ether oxygens (including phenoxy) is 2. The number of rotatable bonds is 2. The number of carbonyl (C=O) groups is 1. The lowest BCUT2D eigenvalue weighted by Gasteiger charge is -2.41. The molecule has 120 valence electrons. The number of amides is 1. The minimum atomic E-state index is 0.164. The number of morpholine rings is 1. The number of fused-ring (bicyclic) bond motifs is 3. The molecule has 2 fully saturated rings. The molecule has 3 aliphatic rings. The average molecular weight is 307 g/mol. The first-order valence-corrected chi connectivity index (χ1v) is 7.90. The number of nitrogens with zero attached hydrogens (tertiary/aromatic N) is 5. The normalized spacial score (nSPS) is 29.0. The van der Waals surface area contributed by atoms with Crippen molar-refractivity contribution < 1.29 is 14.3 Å². The third-order valence-electron chi connectivity index (χ3n) is 4.74. The van der Waals surface area contributed by atoms with Crippen LogP contribution in [0.2, 0.25) is 0 Å². The molecule has 1 amide bonds. The monoisotopic (exact) mass is 307 g/mol. The van der Waals surface area contributed by atoms with Crippen molar-refractivity contribution in [2.45, 2.75) is 25.2 Å². The lowest BCUT2D eigenvalue weighted by Crippen LogP contribution is -2.52. The van der Waals surface area contributed by atoms with Crippen LogP contribution in [0.1, 0.15) is 18.2 Å². The number of hydrogen-bond acceptors (Lipinski definition) is 6. The van der Waals surface area contributed by atoms with Gasteiger partial charge in [0.05, 0.1) is 50.4 Å². The zero-order valence-electron chi connectivity index (χ0n) is 12.6. The summed E-state index contributed by atoms with van der Waals surface area (Å²) in [4.78, 5) is 16.5. The first-order chi connectivity index (χ1) is 10.8. The van der Waals surface area contributed by atoms with E-state index in [-0.39, 0.29) is 18.1 Å². The molecule has 4 heterocycles. The molecule has 3 aliphatic heterocycles. The zero-order valence-corrected chi connectivity index (χ0v) is 12.6. The highest BCUT2D eigenvalue weighted by Crippen LogP contribution is 2.29. The zero-order chi connectivity index (χ0) is 14.9. The Morgan fingerprint density at radius 1 is 1.32 bits per heavy atom. The fourth-order valence-electron chi connectivity index (χ4n) is 3.49. The predicted molar refractivity (Wildman–Crippen MR) is 76.1 cm³/mol. The van der Waals surface area contributed by atoms with Crippen molar-refractivity contribution in [2.24, 2.45) is 0 Å². The molecule has 0 radical (unpaired) electrons. The molecule has 2 atom stereocenters. The van der Waals surface area contributed by atoms with Gasteiger partial charge in [0, 0.05) is 26.2 Å². The van der Waals surface area contributed by atoms with Crippen molar-refractivity contribution in [3.63, 3.8) is 0 Å². The van der Waals surface area contributed by atoms with Gasteiger partial charge in [-0.05, 0) is 6.42 Å². The predicted octanol–water partition coefficient (Wildman–Crippen LogP) is -0.717. The quantitative estimate of drug-likeness (QED) is 0.718. The first kappa shape index (κ1) is 14.1. The van der Waals surface area contributed by atoms with E-state index in [4.69, 9.17) is 9.47 Å². The van der Waals surface area contributed by atoms with Crippen LogP contribution in [-0.4, -0.2) is 82.7 Å². The molecule has 1 aromatic heterocycles. The molecule has 0 N–H and O–H groups in total. The van der Waals surface area contributed by atoms with Crippen molar-refractivity contribution in [3.8, 4) is 0 Å². The second-order valence-electron chi connectivity index (χ2n) is 6.10. The molecule has 0 aliphatic carbocycles. The van der Waals surface area contributed by atoms with Crippen LogP contribution in [0.5, 0.6) is 0 Å². The standard InChI is InChI=1S/C14H21N5O3/c20-14(18-3-5-21-6-4-18)9-17-2-1-13-12(8-17)19-11(10-22-13)7-15-16-19/h7,12-13H,1-6,8-10H2/t12-,13+/m0/s1. The SMILES string of the molecule is O=C(CN1CC[C@H]2OCc3cnnn3[C@H]2C1)N1CCOCC1. The van der Waals surface area contributed by atoms with Gasteiger partial charge in [0.2, 0.25) is 5.91 Å². The molecule has 0 bridgehead atoms. The van der Waals surface area contributed by atoms with E-state index in [1.807, 2.05) is 9.58 Å². The van der Waals surface area contributed by atoms with Crippen LogP contribution < -0.4 is 0 Å². The Labute approximate surface area is 128 Å². The molecule has 8 heteroatoms. The number of aromatic nitrogens is 3. The smallest absolute Gasteiger partial charge is 0.236 e. The lowest BCUT2D eigenvalue weighted by molar-refractivity contribution is -0.138. The lowest BCUT2D eigenvalue weighted by atomic mass is 10.0. The second-order valence-corrected chi connectivity index (χ2v) is 6.10. The summed E-state index contributed by atoms with van der Waals surface area (Å²) in [6, 6.07) is 0.164. The third-order valence-corrected chi connectivity index (χ3v) is 4.74. The maximum absolute atomic E-state index is 12.4. The van der Waals surface area contributed by atoms with Gasteiger partial charge < -0.3 is 14.4 Å². The molecule has 1 aromatic rings. The Kier molecular flexibility index (Phi) is 3.81. The van der Waals surface area contributed by atoms with Crippen molar-refractivity contribution in [1.82, 2.24) is 24.8 Å². The molecule has 0 spiro atoms. The van der Waals surface area contributed by atoms with Gasteiger partial charge in [-0.2, -0.15) is 0 Å². The van der Waals surface area contributed by atoms with Crippen LogP contribution in [-0.2, 0) is 20.9 Å². The minimum Gasteiger partial charge on any atom is -0.378 e. The molecule has 22 heavy (non-hydrogen) atoms. The van der Waals surface area contributed by atoms with Crippen molar-refractivity contribution in [2.75, 3.05) is 45.9 Å². The summed E-state index contributed by atoms with van der Waals surface area (Å²) in [5, 5.41) is 8.17. The van der Waals surface area contributed by atoms with E-state index in [2.05, 4.69) is 15.2 Å².